The van der Waals surface area contributed by atoms with E-state index in [2.05, 4.69) is 6.07 Å². The lowest BCUT2D eigenvalue weighted by Crippen LogP contribution is -1.99. The fraction of sp³-hybridized carbons (Fsp3) is 0.188. The second-order valence-electron chi connectivity index (χ2n) is 4.81. The van der Waals surface area contributed by atoms with E-state index in [0.717, 1.165) is 12.8 Å². The van der Waals surface area contributed by atoms with Crippen LogP contribution in [0.4, 0.5) is 0 Å². The summed E-state index contributed by atoms with van der Waals surface area (Å²) in [5, 5.41) is 18.8. The topological polar surface area (TPSA) is 62.5 Å². The van der Waals surface area contributed by atoms with Gasteiger partial charge in [0.25, 0.3) is 0 Å². The molecule has 0 aliphatic heterocycles. The number of halogens is 1. The first kappa shape index (κ1) is 13.6. The molecule has 1 fully saturated rings. The fourth-order valence-corrected chi connectivity index (χ4v) is 2.09. The van der Waals surface area contributed by atoms with Crippen molar-refractivity contribution < 1.29 is 14.6 Å². The average Bonchev–Trinajstić information content (AvgIpc) is 3.28. The Morgan fingerprint density at radius 1 is 1.14 bits per heavy atom. The van der Waals surface area contributed by atoms with Gasteiger partial charge in [-0.3, -0.25) is 0 Å². The molecule has 0 aromatic heterocycles. The van der Waals surface area contributed by atoms with Gasteiger partial charge in [0.05, 0.1) is 16.7 Å². The second kappa shape index (κ2) is 5.55. The molecule has 5 heteroatoms. The van der Waals surface area contributed by atoms with Gasteiger partial charge in [-0.2, -0.15) is 5.26 Å². The molecule has 3 rings (SSSR count). The number of nitrogens with zero attached hydrogens (tertiary/aromatic N) is 1. The summed E-state index contributed by atoms with van der Waals surface area (Å²) in [7, 11) is 0. The van der Waals surface area contributed by atoms with Gasteiger partial charge in [-0.15, -0.1) is 0 Å². The molecule has 106 valence electrons. The van der Waals surface area contributed by atoms with Crippen molar-refractivity contribution in [2.45, 2.75) is 18.9 Å². The van der Waals surface area contributed by atoms with E-state index in [1.165, 1.54) is 12.1 Å². The first-order valence-electron chi connectivity index (χ1n) is 6.53. The van der Waals surface area contributed by atoms with Crippen LogP contribution in [0.1, 0.15) is 18.4 Å². The van der Waals surface area contributed by atoms with Gasteiger partial charge in [-0.05, 0) is 37.1 Å². The Kier molecular flexibility index (Phi) is 3.59. The van der Waals surface area contributed by atoms with E-state index in [4.69, 9.17) is 21.1 Å². The lowest BCUT2D eigenvalue weighted by molar-refractivity contribution is 0.302. The van der Waals surface area contributed by atoms with E-state index < -0.39 is 0 Å². The fourth-order valence-electron chi connectivity index (χ4n) is 1.83. The maximum atomic E-state index is 9.24. The van der Waals surface area contributed by atoms with E-state index in [-0.39, 0.29) is 11.9 Å². The molecule has 4 nitrogen and oxygen atoms in total. The molecule has 0 amide bonds. The molecule has 2 aromatic carbocycles. The Hall–Kier alpha value is -2.38. The maximum absolute atomic E-state index is 9.24. The van der Waals surface area contributed by atoms with Gasteiger partial charge in [0.1, 0.15) is 23.3 Å². The number of ether oxygens (including phenoxy) is 2. The summed E-state index contributed by atoms with van der Waals surface area (Å²) in [6.45, 7) is 0. The number of benzene rings is 2. The van der Waals surface area contributed by atoms with Crippen molar-refractivity contribution in [1.29, 1.82) is 5.26 Å². The molecule has 0 heterocycles. The highest BCUT2D eigenvalue weighted by Crippen LogP contribution is 2.38. The Balaban J connectivity index is 1.87. The van der Waals surface area contributed by atoms with Gasteiger partial charge in [0, 0.05) is 12.1 Å². The van der Waals surface area contributed by atoms with Crippen molar-refractivity contribution in [3.05, 3.63) is 47.0 Å². The predicted molar refractivity (Wildman–Crippen MR) is 78.0 cm³/mol. The lowest BCUT2D eigenvalue weighted by atomic mass is 10.2. The van der Waals surface area contributed by atoms with Crippen molar-refractivity contribution in [3.63, 3.8) is 0 Å². The lowest BCUT2D eigenvalue weighted by Gasteiger charge is -2.12. The van der Waals surface area contributed by atoms with Gasteiger partial charge in [0.15, 0.2) is 5.75 Å². The minimum absolute atomic E-state index is 0.159. The summed E-state index contributed by atoms with van der Waals surface area (Å²) in [6.07, 6.45) is 2.15. The molecule has 0 atom stereocenters. The molecule has 1 aliphatic carbocycles. The van der Waals surface area contributed by atoms with Crippen LogP contribution in [-0.2, 0) is 0 Å². The molecule has 1 saturated carbocycles. The molecule has 0 unspecified atom stereocenters. The number of hydrogen-bond donors (Lipinski definition) is 1. The van der Waals surface area contributed by atoms with Crippen molar-refractivity contribution in [1.82, 2.24) is 0 Å². The van der Waals surface area contributed by atoms with Crippen LogP contribution >= 0.6 is 11.6 Å². The first-order chi connectivity index (χ1) is 10.2. The molecule has 2 aromatic rings. The van der Waals surface area contributed by atoms with Crippen LogP contribution < -0.4 is 9.47 Å². The Bertz CT molecular complexity index is 703. The van der Waals surface area contributed by atoms with Crippen LogP contribution in [0.25, 0.3) is 0 Å². The average molecular weight is 302 g/mol. The molecule has 0 saturated heterocycles. The second-order valence-corrected chi connectivity index (χ2v) is 5.21. The standard InChI is InChI=1S/C16H12ClNO3/c17-15-8-14(20-12-3-1-11(19)2-4-12)7-10(9-18)16(15)21-13-5-6-13/h1-4,7-8,13,19H,5-6H2. The van der Waals surface area contributed by atoms with Gasteiger partial charge in [0.2, 0.25) is 0 Å². The summed E-state index contributed by atoms with van der Waals surface area (Å²) in [6, 6.07) is 11.6. The molecule has 1 aliphatic rings. The summed E-state index contributed by atoms with van der Waals surface area (Å²) in [5.41, 5.74) is 0.350. The SMILES string of the molecule is N#Cc1cc(Oc2ccc(O)cc2)cc(Cl)c1OC1CC1. The molecule has 1 N–H and O–H groups in total. The van der Waals surface area contributed by atoms with Crippen LogP contribution in [0, 0.1) is 11.3 Å². The van der Waals surface area contributed by atoms with Crippen LogP contribution in [0.15, 0.2) is 36.4 Å². The molecular formula is C16H12ClNO3. The number of nitriles is 1. The Morgan fingerprint density at radius 3 is 2.48 bits per heavy atom. The van der Waals surface area contributed by atoms with Crippen LogP contribution in [0.3, 0.4) is 0 Å². The van der Waals surface area contributed by atoms with Crippen molar-refractivity contribution in [2.75, 3.05) is 0 Å². The minimum Gasteiger partial charge on any atom is -0.508 e. The molecule has 0 bridgehead atoms. The van der Waals surface area contributed by atoms with Gasteiger partial charge >= 0.3 is 0 Å². The summed E-state index contributed by atoms with van der Waals surface area (Å²) >= 11 is 6.18. The largest absolute Gasteiger partial charge is 0.508 e. The smallest absolute Gasteiger partial charge is 0.156 e. The van der Waals surface area contributed by atoms with E-state index in [9.17, 15) is 10.4 Å². The summed E-state index contributed by atoms with van der Waals surface area (Å²) in [5.74, 6) is 1.57. The van der Waals surface area contributed by atoms with E-state index in [0.29, 0.717) is 27.8 Å². The number of hydrogen-bond acceptors (Lipinski definition) is 4. The zero-order valence-electron chi connectivity index (χ0n) is 11.0. The van der Waals surface area contributed by atoms with E-state index in [1.807, 2.05) is 0 Å². The third-order valence-electron chi connectivity index (χ3n) is 3.02. The minimum atomic E-state index is 0.159. The Labute approximate surface area is 127 Å². The van der Waals surface area contributed by atoms with Crippen molar-refractivity contribution in [2.24, 2.45) is 0 Å². The zero-order valence-corrected chi connectivity index (χ0v) is 11.8. The van der Waals surface area contributed by atoms with Crippen LogP contribution in [-0.4, -0.2) is 11.2 Å². The molecule has 21 heavy (non-hydrogen) atoms. The van der Waals surface area contributed by atoms with Gasteiger partial charge in [-0.25, -0.2) is 0 Å². The Morgan fingerprint density at radius 2 is 1.86 bits per heavy atom. The quantitative estimate of drug-likeness (QED) is 0.917. The highest BCUT2D eigenvalue weighted by Gasteiger charge is 2.26. The predicted octanol–water partition coefficient (Wildman–Crippen LogP) is 4.25. The number of aromatic hydroxyl groups is 1. The number of rotatable bonds is 4. The van der Waals surface area contributed by atoms with Gasteiger partial charge in [-0.1, -0.05) is 11.6 Å². The maximum Gasteiger partial charge on any atom is 0.156 e. The molecule has 0 spiro atoms. The summed E-state index contributed by atoms with van der Waals surface area (Å²) in [4.78, 5) is 0. The van der Waals surface area contributed by atoms with E-state index >= 15 is 0 Å². The molecular weight excluding hydrogens is 290 g/mol. The highest BCUT2D eigenvalue weighted by molar-refractivity contribution is 6.32. The normalized spacial score (nSPS) is 13.5. The van der Waals surface area contributed by atoms with E-state index in [1.54, 1.807) is 24.3 Å². The highest BCUT2D eigenvalue weighted by atomic mass is 35.5. The van der Waals surface area contributed by atoms with Crippen LogP contribution in [0.2, 0.25) is 5.02 Å². The van der Waals surface area contributed by atoms with Crippen molar-refractivity contribution >= 4 is 11.6 Å². The zero-order chi connectivity index (χ0) is 14.8. The van der Waals surface area contributed by atoms with Crippen molar-refractivity contribution in [3.8, 4) is 29.1 Å². The number of phenols is 1. The van der Waals surface area contributed by atoms with Crippen LogP contribution in [0.5, 0.6) is 23.0 Å². The third kappa shape index (κ3) is 3.21. The first-order valence-corrected chi connectivity index (χ1v) is 6.90. The molecule has 0 radical (unpaired) electrons. The monoisotopic (exact) mass is 301 g/mol. The summed E-state index contributed by atoms with van der Waals surface area (Å²) < 4.78 is 11.3. The third-order valence-corrected chi connectivity index (χ3v) is 3.30. The van der Waals surface area contributed by atoms with Gasteiger partial charge < -0.3 is 14.6 Å². The number of phenolic OH excluding ortho intramolecular Hbond substituents is 1.